The first-order valence-electron chi connectivity index (χ1n) is 8.66. The Labute approximate surface area is 171 Å². The van der Waals surface area contributed by atoms with Crippen molar-refractivity contribution in [3.8, 4) is 0 Å². The van der Waals surface area contributed by atoms with E-state index in [0.29, 0.717) is 24.7 Å². The fourth-order valence-corrected chi connectivity index (χ4v) is 2.81. The van der Waals surface area contributed by atoms with Gasteiger partial charge in [-0.15, -0.1) is 24.0 Å². The molecule has 0 aromatic heterocycles. The Bertz CT molecular complexity index is 594. The third kappa shape index (κ3) is 6.94. The van der Waals surface area contributed by atoms with Gasteiger partial charge in [0.15, 0.2) is 5.96 Å². The molecule has 1 aromatic rings. The van der Waals surface area contributed by atoms with E-state index in [1.807, 2.05) is 14.0 Å². The first kappa shape index (κ1) is 22.4. The van der Waals surface area contributed by atoms with Crippen molar-refractivity contribution in [3.05, 3.63) is 34.4 Å². The Morgan fingerprint density at radius 2 is 2.23 bits per heavy atom. The van der Waals surface area contributed by atoms with Gasteiger partial charge in [0.05, 0.1) is 18.1 Å². The Morgan fingerprint density at radius 3 is 2.88 bits per heavy atom. The number of nitro benzene ring substituents is 1. The van der Waals surface area contributed by atoms with Gasteiger partial charge in [-0.1, -0.05) is 12.1 Å². The average molecular weight is 477 g/mol. The van der Waals surface area contributed by atoms with Gasteiger partial charge in [-0.25, -0.2) is 0 Å². The zero-order chi connectivity index (χ0) is 18.1. The highest BCUT2D eigenvalue weighted by Gasteiger charge is 2.19. The van der Waals surface area contributed by atoms with E-state index >= 15 is 0 Å². The second kappa shape index (κ2) is 11.9. The molecule has 2 N–H and O–H groups in total. The lowest BCUT2D eigenvalue weighted by atomic mass is 10.1. The molecule has 146 valence electrons. The second-order valence-corrected chi connectivity index (χ2v) is 6.05. The lowest BCUT2D eigenvalue weighted by Crippen LogP contribution is -2.41. The number of ether oxygens (including phenoxy) is 1. The van der Waals surface area contributed by atoms with Gasteiger partial charge in [-0.2, -0.15) is 0 Å². The highest BCUT2D eigenvalue weighted by atomic mass is 127. The van der Waals surface area contributed by atoms with Crippen LogP contribution in [0.5, 0.6) is 0 Å². The zero-order valence-electron chi connectivity index (χ0n) is 15.3. The van der Waals surface area contributed by atoms with Crippen molar-refractivity contribution in [2.75, 3.05) is 51.8 Å². The minimum absolute atomic E-state index is 0. The first-order valence-corrected chi connectivity index (χ1v) is 8.66. The smallest absolute Gasteiger partial charge is 0.292 e. The molecule has 8 nitrogen and oxygen atoms in total. The molecule has 1 atom stereocenters. The van der Waals surface area contributed by atoms with Crippen LogP contribution in [0, 0.1) is 16.0 Å². The number of rotatable bonds is 8. The van der Waals surface area contributed by atoms with Crippen molar-refractivity contribution in [1.82, 2.24) is 10.2 Å². The number of nitrogens with one attached hydrogen (secondary N) is 2. The van der Waals surface area contributed by atoms with E-state index in [-0.39, 0.29) is 34.6 Å². The normalized spacial score (nSPS) is 16.7. The summed E-state index contributed by atoms with van der Waals surface area (Å²) in [6, 6.07) is 6.64. The zero-order valence-corrected chi connectivity index (χ0v) is 17.6. The lowest BCUT2D eigenvalue weighted by Gasteiger charge is -2.24. The summed E-state index contributed by atoms with van der Waals surface area (Å²) >= 11 is 0. The van der Waals surface area contributed by atoms with Gasteiger partial charge in [0, 0.05) is 45.3 Å². The number of aliphatic imine (C=N–C) groups is 1. The summed E-state index contributed by atoms with van der Waals surface area (Å²) in [5, 5.41) is 17.4. The van der Waals surface area contributed by atoms with Crippen molar-refractivity contribution in [1.29, 1.82) is 0 Å². The molecule has 1 unspecified atom stereocenters. The van der Waals surface area contributed by atoms with E-state index in [2.05, 4.69) is 20.5 Å². The summed E-state index contributed by atoms with van der Waals surface area (Å²) in [6.07, 6.45) is 1.09. The molecule has 2 rings (SSSR count). The van der Waals surface area contributed by atoms with E-state index in [9.17, 15) is 10.1 Å². The van der Waals surface area contributed by atoms with Gasteiger partial charge in [-0.05, 0) is 19.4 Å². The molecule has 0 bridgehead atoms. The minimum Gasteiger partial charge on any atom is -0.381 e. The van der Waals surface area contributed by atoms with E-state index in [4.69, 9.17) is 4.74 Å². The maximum atomic E-state index is 11.0. The molecule has 1 aliphatic rings. The monoisotopic (exact) mass is 477 g/mol. The number of nitro groups is 1. The number of hydrogen-bond donors (Lipinski definition) is 2. The number of guanidine groups is 1. The highest BCUT2D eigenvalue weighted by molar-refractivity contribution is 14.0. The summed E-state index contributed by atoms with van der Waals surface area (Å²) in [6.45, 7) is 6.44. The first-order chi connectivity index (χ1) is 12.1. The van der Waals surface area contributed by atoms with Gasteiger partial charge >= 0.3 is 0 Å². The van der Waals surface area contributed by atoms with Gasteiger partial charge < -0.3 is 20.3 Å². The van der Waals surface area contributed by atoms with Crippen LogP contribution in [0.1, 0.15) is 13.3 Å². The lowest BCUT2D eigenvalue weighted by molar-refractivity contribution is -0.384. The van der Waals surface area contributed by atoms with E-state index < -0.39 is 0 Å². The van der Waals surface area contributed by atoms with Crippen molar-refractivity contribution in [2.24, 2.45) is 10.9 Å². The van der Waals surface area contributed by atoms with E-state index in [0.717, 1.165) is 38.7 Å². The molecule has 26 heavy (non-hydrogen) atoms. The molecule has 0 saturated carbocycles. The number of halogens is 1. The largest absolute Gasteiger partial charge is 0.381 e. The molecular formula is C17H28IN5O3. The van der Waals surface area contributed by atoms with Crippen molar-refractivity contribution < 1.29 is 9.66 Å². The Kier molecular flexibility index (Phi) is 10.3. The number of anilines is 1. The van der Waals surface area contributed by atoms with Crippen LogP contribution >= 0.6 is 24.0 Å². The van der Waals surface area contributed by atoms with Crippen LogP contribution in [-0.2, 0) is 4.74 Å². The molecule has 1 saturated heterocycles. The Balaban J connectivity index is 0.00000338. The Morgan fingerprint density at radius 1 is 1.46 bits per heavy atom. The fraction of sp³-hybridized carbons (Fsp3) is 0.588. The van der Waals surface area contributed by atoms with Gasteiger partial charge in [0.2, 0.25) is 0 Å². The maximum Gasteiger partial charge on any atom is 0.292 e. The molecule has 1 aromatic carbocycles. The molecule has 1 fully saturated rings. The number of benzene rings is 1. The topological polar surface area (TPSA) is 92.0 Å². The van der Waals surface area contributed by atoms with Crippen LogP contribution in [0.3, 0.4) is 0 Å². The van der Waals surface area contributed by atoms with Gasteiger partial charge in [0.1, 0.15) is 5.69 Å². The summed E-state index contributed by atoms with van der Waals surface area (Å²) in [4.78, 5) is 17.4. The van der Waals surface area contributed by atoms with Crippen LogP contribution in [0.4, 0.5) is 11.4 Å². The standard InChI is InChI=1S/C17H27N5O3.HI/c1-3-18-17(21(2)12-14-8-11-25-13-14)20-10-9-19-15-6-4-5-7-16(15)22(23)24;/h4-7,14,19H,3,8-13H2,1-2H3,(H,18,20);1H. The second-order valence-electron chi connectivity index (χ2n) is 6.05. The summed E-state index contributed by atoms with van der Waals surface area (Å²) in [5.41, 5.74) is 0.598. The predicted molar refractivity (Wildman–Crippen MR) is 115 cm³/mol. The third-order valence-electron chi connectivity index (χ3n) is 4.04. The SMILES string of the molecule is CCNC(=NCCNc1ccccc1[N+](=O)[O-])N(C)CC1CCOC1.I. The molecule has 9 heteroatoms. The quantitative estimate of drug-likeness (QED) is 0.149. The van der Waals surface area contributed by atoms with Crippen LogP contribution in [0.2, 0.25) is 0 Å². The van der Waals surface area contributed by atoms with Gasteiger partial charge in [0.25, 0.3) is 5.69 Å². The van der Waals surface area contributed by atoms with Crippen molar-refractivity contribution in [2.45, 2.75) is 13.3 Å². The third-order valence-corrected chi connectivity index (χ3v) is 4.04. The van der Waals surface area contributed by atoms with E-state index in [1.54, 1.807) is 18.2 Å². The van der Waals surface area contributed by atoms with Crippen LogP contribution in [0.25, 0.3) is 0 Å². The highest BCUT2D eigenvalue weighted by Crippen LogP contribution is 2.22. The Hall–Kier alpha value is -1.62. The molecule has 0 radical (unpaired) electrons. The van der Waals surface area contributed by atoms with Gasteiger partial charge in [-0.3, -0.25) is 15.1 Å². The summed E-state index contributed by atoms with van der Waals surface area (Å²) in [5.74, 6) is 1.39. The molecule has 0 aliphatic carbocycles. The molecular weight excluding hydrogens is 449 g/mol. The number of nitrogens with zero attached hydrogens (tertiary/aromatic N) is 3. The molecule has 0 spiro atoms. The van der Waals surface area contributed by atoms with Crippen molar-refractivity contribution >= 4 is 41.3 Å². The number of para-hydroxylation sites is 2. The van der Waals surface area contributed by atoms with Crippen LogP contribution in [0.15, 0.2) is 29.3 Å². The predicted octanol–water partition coefficient (Wildman–Crippen LogP) is 2.56. The fourth-order valence-electron chi connectivity index (χ4n) is 2.81. The molecule has 0 amide bonds. The van der Waals surface area contributed by atoms with E-state index in [1.165, 1.54) is 6.07 Å². The molecule has 1 aliphatic heterocycles. The average Bonchev–Trinajstić information content (AvgIpc) is 3.10. The van der Waals surface area contributed by atoms with Crippen LogP contribution < -0.4 is 10.6 Å². The van der Waals surface area contributed by atoms with Crippen molar-refractivity contribution in [3.63, 3.8) is 0 Å². The minimum atomic E-state index is -0.382. The summed E-state index contributed by atoms with van der Waals surface area (Å²) in [7, 11) is 2.02. The number of hydrogen-bond acceptors (Lipinski definition) is 5. The van der Waals surface area contributed by atoms with Crippen LogP contribution in [-0.4, -0.2) is 62.2 Å². The maximum absolute atomic E-state index is 11.0. The summed E-state index contributed by atoms with van der Waals surface area (Å²) < 4.78 is 5.42. The molecule has 1 heterocycles.